The average molecular weight is 447 g/mol. The van der Waals surface area contributed by atoms with Crippen LogP contribution in [0.5, 0.6) is 0 Å². The third-order valence-electron chi connectivity index (χ3n) is 7.91. The molecule has 1 saturated heterocycles. The van der Waals surface area contributed by atoms with Gasteiger partial charge in [0.25, 0.3) is 0 Å². The van der Waals surface area contributed by atoms with E-state index in [1.807, 2.05) is 4.90 Å². The summed E-state index contributed by atoms with van der Waals surface area (Å²) in [4.78, 5) is 29.5. The first-order valence-electron chi connectivity index (χ1n) is 12.3. The van der Waals surface area contributed by atoms with Gasteiger partial charge in [0.1, 0.15) is 5.41 Å². The zero-order valence-corrected chi connectivity index (χ0v) is 19.8. The third-order valence-corrected chi connectivity index (χ3v) is 7.91. The van der Waals surface area contributed by atoms with E-state index in [2.05, 4.69) is 54.3 Å². The van der Waals surface area contributed by atoms with E-state index >= 15 is 0 Å². The van der Waals surface area contributed by atoms with Gasteiger partial charge in [-0.05, 0) is 79.8 Å². The Bertz CT molecular complexity index is 1040. The molecule has 0 spiro atoms. The van der Waals surface area contributed by atoms with Gasteiger partial charge in [-0.1, -0.05) is 42.5 Å². The van der Waals surface area contributed by atoms with E-state index in [0.29, 0.717) is 25.9 Å². The highest BCUT2D eigenvalue weighted by atomic mass is 16.5. The summed E-state index contributed by atoms with van der Waals surface area (Å²) in [7, 11) is 1.36. The quantitative estimate of drug-likeness (QED) is 0.493. The molecule has 5 nitrogen and oxygen atoms in total. The van der Waals surface area contributed by atoms with Gasteiger partial charge in [0.2, 0.25) is 5.91 Å². The Balaban J connectivity index is 1.23. The lowest BCUT2D eigenvalue weighted by Crippen LogP contribution is -2.43. The van der Waals surface area contributed by atoms with Crippen molar-refractivity contribution in [3.8, 4) is 11.1 Å². The van der Waals surface area contributed by atoms with E-state index in [0.717, 1.165) is 25.4 Å². The smallest absolute Gasteiger partial charge is 0.321 e. The maximum atomic E-state index is 13.0. The van der Waals surface area contributed by atoms with Crippen molar-refractivity contribution >= 4 is 11.9 Å². The topological polar surface area (TPSA) is 49.9 Å². The minimum Gasteiger partial charge on any atom is -0.468 e. The number of carbonyl (C=O) groups is 2. The molecule has 0 aromatic heterocycles. The molecule has 174 valence electrons. The molecule has 3 aliphatic rings. The molecule has 5 rings (SSSR count). The lowest BCUT2D eigenvalue weighted by atomic mass is 9.93. The first kappa shape index (κ1) is 22.1. The van der Waals surface area contributed by atoms with Crippen molar-refractivity contribution in [2.45, 2.75) is 58.0 Å². The number of hydrogen-bond donors (Lipinski definition) is 0. The predicted octanol–water partition coefficient (Wildman–Crippen LogP) is 4.22. The van der Waals surface area contributed by atoms with E-state index < -0.39 is 5.41 Å². The van der Waals surface area contributed by atoms with Crippen LogP contribution in [0.3, 0.4) is 0 Å². The van der Waals surface area contributed by atoms with Crippen LogP contribution in [0.2, 0.25) is 0 Å². The molecule has 1 amide bonds. The zero-order chi connectivity index (χ0) is 23.0. The molecule has 1 saturated carbocycles. The monoisotopic (exact) mass is 446 g/mol. The number of likely N-dealkylation sites (tertiary alicyclic amines) is 1. The highest BCUT2D eigenvalue weighted by molar-refractivity contribution is 6.05. The van der Waals surface area contributed by atoms with Crippen molar-refractivity contribution in [2.24, 2.45) is 5.41 Å². The van der Waals surface area contributed by atoms with Gasteiger partial charge in [-0.2, -0.15) is 0 Å². The molecule has 33 heavy (non-hydrogen) atoms. The summed E-state index contributed by atoms with van der Waals surface area (Å²) in [5.74, 6) is -0.449. The van der Waals surface area contributed by atoms with Crippen molar-refractivity contribution in [2.75, 3.05) is 26.7 Å². The van der Waals surface area contributed by atoms with Crippen LogP contribution in [0.1, 0.15) is 49.3 Å². The number of esters is 1. The Kier molecular flexibility index (Phi) is 6.00. The van der Waals surface area contributed by atoms with Crippen LogP contribution in [-0.4, -0.2) is 54.5 Å². The molecule has 1 aliphatic carbocycles. The molecule has 1 unspecified atom stereocenters. The van der Waals surface area contributed by atoms with E-state index in [1.165, 1.54) is 54.3 Å². The van der Waals surface area contributed by atoms with Gasteiger partial charge in [0.15, 0.2) is 0 Å². The molecular weight excluding hydrogens is 412 g/mol. The van der Waals surface area contributed by atoms with Crippen LogP contribution in [0.15, 0.2) is 42.5 Å². The number of ether oxygens (including phenoxy) is 1. The highest BCUT2D eigenvalue weighted by Gasteiger charge is 2.59. The summed E-state index contributed by atoms with van der Waals surface area (Å²) in [6.07, 6.45) is 5.79. The maximum absolute atomic E-state index is 13.0. The normalized spacial score (nSPS) is 21.5. The van der Waals surface area contributed by atoms with Gasteiger partial charge in [-0.15, -0.1) is 0 Å². The molecule has 0 N–H and O–H groups in total. The molecule has 1 atom stereocenters. The Labute approximate surface area is 196 Å². The van der Waals surface area contributed by atoms with Gasteiger partial charge < -0.3 is 14.5 Å². The first-order valence-corrected chi connectivity index (χ1v) is 12.3. The first-order chi connectivity index (χ1) is 16.0. The average Bonchev–Trinajstić information content (AvgIpc) is 3.57. The van der Waals surface area contributed by atoms with Gasteiger partial charge in [-0.3, -0.25) is 9.59 Å². The van der Waals surface area contributed by atoms with E-state index in [1.54, 1.807) is 0 Å². The van der Waals surface area contributed by atoms with E-state index in [9.17, 15) is 9.59 Å². The number of amides is 1. The van der Waals surface area contributed by atoms with Crippen molar-refractivity contribution in [1.29, 1.82) is 0 Å². The van der Waals surface area contributed by atoms with Crippen LogP contribution in [0, 0.1) is 5.41 Å². The molecular formula is C28H34N2O3. The van der Waals surface area contributed by atoms with E-state index in [-0.39, 0.29) is 11.9 Å². The maximum Gasteiger partial charge on any atom is 0.321 e. The highest BCUT2D eigenvalue weighted by Crippen LogP contribution is 2.48. The summed E-state index contributed by atoms with van der Waals surface area (Å²) >= 11 is 0. The van der Waals surface area contributed by atoms with Gasteiger partial charge in [0, 0.05) is 25.7 Å². The summed E-state index contributed by atoms with van der Waals surface area (Å²) in [5.41, 5.74) is 5.41. The minimum atomic E-state index is -0.916. The third kappa shape index (κ3) is 4.31. The molecule has 2 aromatic carbocycles. The second-order valence-electron chi connectivity index (χ2n) is 10.0. The number of benzene rings is 2. The number of nitrogens with zero attached hydrogens (tertiary/aromatic N) is 2. The lowest BCUT2D eigenvalue weighted by molar-refractivity contribution is -0.156. The van der Waals surface area contributed by atoms with Crippen molar-refractivity contribution in [3.05, 3.63) is 59.2 Å². The SMILES string of the molecule is COC(=O)C1(C(=O)N2CCc3cc(-c4ccc(CCN5CCCC5C)cc4)ccc3C2)CC1. The van der Waals surface area contributed by atoms with Crippen LogP contribution in [-0.2, 0) is 33.7 Å². The number of methoxy groups -OCH3 is 1. The molecule has 2 aromatic rings. The second kappa shape index (κ2) is 8.94. The summed E-state index contributed by atoms with van der Waals surface area (Å²) in [6.45, 7) is 5.94. The Morgan fingerprint density at radius 2 is 1.79 bits per heavy atom. The standard InChI is InChI=1S/C28H34N2O3/c1-20-4-3-15-29(20)16-11-21-5-7-22(8-6-21)23-9-10-25-19-30(17-12-24(25)18-23)26(31)28(13-14-28)27(32)33-2/h5-10,18,20H,3-4,11-17,19H2,1-2H3. The molecule has 5 heteroatoms. The molecule has 2 heterocycles. The van der Waals surface area contributed by atoms with E-state index in [4.69, 9.17) is 4.74 Å². The molecule has 2 aliphatic heterocycles. The number of rotatable bonds is 6. The van der Waals surface area contributed by atoms with Crippen LogP contribution < -0.4 is 0 Å². The summed E-state index contributed by atoms with van der Waals surface area (Å²) < 4.78 is 4.89. The molecule has 2 fully saturated rings. The number of carbonyl (C=O) groups excluding carboxylic acids is 2. The fourth-order valence-corrected chi connectivity index (χ4v) is 5.50. The summed E-state index contributed by atoms with van der Waals surface area (Å²) in [6, 6.07) is 16.3. The van der Waals surface area contributed by atoms with Gasteiger partial charge >= 0.3 is 5.97 Å². The Morgan fingerprint density at radius 1 is 1.03 bits per heavy atom. The van der Waals surface area contributed by atoms with Crippen molar-refractivity contribution in [1.82, 2.24) is 9.80 Å². The van der Waals surface area contributed by atoms with Crippen LogP contribution in [0.4, 0.5) is 0 Å². The second-order valence-corrected chi connectivity index (χ2v) is 10.0. The largest absolute Gasteiger partial charge is 0.468 e. The van der Waals surface area contributed by atoms with Crippen LogP contribution >= 0.6 is 0 Å². The summed E-state index contributed by atoms with van der Waals surface area (Å²) in [5, 5.41) is 0. The Hall–Kier alpha value is -2.66. The number of hydrogen-bond acceptors (Lipinski definition) is 4. The lowest BCUT2D eigenvalue weighted by Gasteiger charge is -2.31. The zero-order valence-electron chi connectivity index (χ0n) is 19.8. The number of fused-ring (bicyclic) bond motifs is 1. The van der Waals surface area contributed by atoms with Crippen LogP contribution in [0.25, 0.3) is 11.1 Å². The molecule has 0 bridgehead atoms. The fraction of sp³-hybridized carbons (Fsp3) is 0.500. The minimum absolute atomic E-state index is 0.0667. The predicted molar refractivity (Wildman–Crippen MR) is 129 cm³/mol. The van der Waals surface area contributed by atoms with Crippen molar-refractivity contribution < 1.29 is 14.3 Å². The van der Waals surface area contributed by atoms with Crippen molar-refractivity contribution in [3.63, 3.8) is 0 Å². The Morgan fingerprint density at radius 3 is 2.45 bits per heavy atom. The van der Waals surface area contributed by atoms with Gasteiger partial charge in [-0.25, -0.2) is 0 Å². The fourth-order valence-electron chi connectivity index (χ4n) is 5.50. The van der Waals surface area contributed by atoms with Gasteiger partial charge in [0.05, 0.1) is 7.11 Å². The molecule has 0 radical (unpaired) electrons.